The minimum absolute atomic E-state index is 0.0230. The van der Waals surface area contributed by atoms with Crippen molar-refractivity contribution in [1.29, 1.82) is 0 Å². The van der Waals surface area contributed by atoms with Crippen molar-refractivity contribution in [3.8, 4) is 5.75 Å². The molecule has 1 N–H and O–H groups in total. The Morgan fingerprint density at radius 2 is 1.76 bits per heavy atom. The van der Waals surface area contributed by atoms with E-state index in [1.165, 1.54) is 41.3 Å². The van der Waals surface area contributed by atoms with Crippen molar-refractivity contribution in [3.05, 3.63) is 52.5 Å². The fourth-order valence-corrected chi connectivity index (χ4v) is 3.23. The van der Waals surface area contributed by atoms with Gasteiger partial charge >= 0.3 is 0 Å². The van der Waals surface area contributed by atoms with Crippen molar-refractivity contribution in [1.82, 2.24) is 4.90 Å². The van der Waals surface area contributed by atoms with Crippen LogP contribution in [0.15, 0.2) is 47.4 Å². The first-order chi connectivity index (χ1) is 11.7. The summed E-state index contributed by atoms with van der Waals surface area (Å²) in [6.07, 6.45) is 0. The van der Waals surface area contributed by atoms with Crippen LogP contribution in [0.25, 0.3) is 0 Å². The van der Waals surface area contributed by atoms with E-state index in [-0.39, 0.29) is 28.1 Å². The summed E-state index contributed by atoms with van der Waals surface area (Å²) in [7, 11) is -0.600. The van der Waals surface area contributed by atoms with Gasteiger partial charge in [0.25, 0.3) is 15.9 Å². The molecule has 25 heavy (non-hydrogen) atoms. The van der Waals surface area contributed by atoms with Gasteiger partial charge in [0, 0.05) is 19.1 Å². The number of carbonyl (C=O) groups is 1. The van der Waals surface area contributed by atoms with E-state index in [0.717, 1.165) is 0 Å². The van der Waals surface area contributed by atoms with E-state index in [2.05, 4.69) is 4.72 Å². The van der Waals surface area contributed by atoms with Crippen LogP contribution in [0.3, 0.4) is 0 Å². The molecular weight excluding hydrogens is 387 g/mol. The molecule has 0 unspecified atom stereocenters. The Balaban J connectivity index is 2.12. The number of nitrogens with zero attached hydrogens (tertiary/aromatic N) is 1. The quantitative estimate of drug-likeness (QED) is 0.804. The van der Waals surface area contributed by atoms with Crippen LogP contribution < -0.4 is 9.46 Å². The highest BCUT2D eigenvalue weighted by molar-refractivity contribution is 7.92. The Labute approximate surface area is 156 Å². The molecule has 0 spiro atoms. The highest BCUT2D eigenvalue weighted by Crippen LogP contribution is 2.28. The van der Waals surface area contributed by atoms with Crippen LogP contribution in [0.2, 0.25) is 10.0 Å². The van der Waals surface area contributed by atoms with Gasteiger partial charge in [-0.25, -0.2) is 8.42 Å². The normalized spacial score (nSPS) is 11.0. The van der Waals surface area contributed by atoms with Gasteiger partial charge in [-0.15, -0.1) is 0 Å². The lowest BCUT2D eigenvalue weighted by atomic mass is 10.3. The van der Waals surface area contributed by atoms with Gasteiger partial charge in [0.2, 0.25) is 0 Å². The number of hydrogen-bond donors (Lipinski definition) is 1. The topological polar surface area (TPSA) is 75.7 Å². The van der Waals surface area contributed by atoms with E-state index in [1.54, 1.807) is 20.2 Å². The van der Waals surface area contributed by atoms with Crippen LogP contribution in [0.4, 0.5) is 5.69 Å². The lowest BCUT2D eigenvalue weighted by molar-refractivity contribution is -0.130. The molecule has 6 nitrogen and oxygen atoms in total. The maximum absolute atomic E-state index is 12.4. The molecule has 0 fully saturated rings. The number of halogens is 2. The van der Waals surface area contributed by atoms with Crippen molar-refractivity contribution in [2.75, 3.05) is 25.4 Å². The largest absolute Gasteiger partial charge is 0.484 e. The van der Waals surface area contributed by atoms with Crippen molar-refractivity contribution >= 4 is 44.8 Å². The Kier molecular flexibility index (Phi) is 6.16. The summed E-state index contributed by atoms with van der Waals surface area (Å²) in [6.45, 7) is -0.129. The summed E-state index contributed by atoms with van der Waals surface area (Å²) in [5.41, 5.74) is 0.186. The summed E-state index contributed by atoms with van der Waals surface area (Å²) < 4.78 is 32.5. The number of benzene rings is 2. The molecule has 0 atom stereocenters. The Hall–Kier alpha value is -1.96. The van der Waals surface area contributed by atoms with Crippen LogP contribution in [0.1, 0.15) is 0 Å². The van der Waals surface area contributed by atoms with Crippen molar-refractivity contribution in [2.45, 2.75) is 4.90 Å². The Bertz CT molecular complexity index is 868. The first-order valence-corrected chi connectivity index (χ1v) is 9.34. The molecule has 0 saturated carbocycles. The monoisotopic (exact) mass is 402 g/mol. The third-order valence-corrected chi connectivity index (χ3v) is 5.11. The number of rotatable bonds is 6. The summed E-state index contributed by atoms with van der Waals surface area (Å²) in [4.78, 5) is 12.9. The molecule has 0 aromatic heterocycles. The van der Waals surface area contributed by atoms with Gasteiger partial charge in [0.05, 0.1) is 15.6 Å². The van der Waals surface area contributed by atoms with Crippen molar-refractivity contribution in [3.63, 3.8) is 0 Å². The highest BCUT2D eigenvalue weighted by Gasteiger charge is 2.16. The molecule has 134 valence electrons. The number of sulfonamides is 1. The molecule has 9 heteroatoms. The number of nitrogens with one attached hydrogen (secondary N) is 1. The Morgan fingerprint density at radius 1 is 1.12 bits per heavy atom. The first kappa shape index (κ1) is 19.4. The van der Waals surface area contributed by atoms with Crippen LogP contribution in [0, 0.1) is 0 Å². The average molecular weight is 403 g/mol. The predicted octanol–water partition coefficient (Wildman–Crippen LogP) is 3.26. The van der Waals surface area contributed by atoms with E-state index in [9.17, 15) is 13.2 Å². The molecular formula is C16H16Cl2N2O4S. The minimum atomic E-state index is -3.84. The first-order valence-electron chi connectivity index (χ1n) is 7.10. The standard InChI is InChI=1S/C16H16Cl2N2O4S/c1-20(2)16(21)10-24-12-4-6-13(7-5-12)25(22,23)19-15-9-11(17)3-8-14(15)18/h3-9,19H,10H2,1-2H3. The van der Waals surface area contributed by atoms with Gasteiger partial charge in [-0.1, -0.05) is 23.2 Å². The van der Waals surface area contributed by atoms with E-state index in [0.29, 0.717) is 10.8 Å². The zero-order chi connectivity index (χ0) is 18.6. The predicted molar refractivity (Wildman–Crippen MR) is 97.9 cm³/mol. The maximum Gasteiger partial charge on any atom is 0.261 e. The van der Waals surface area contributed by atoms with Crippen molar-refractivity contribution < 1.29 is 17.9 Å². The molecule has 0 heterocycles. The summed E-state index contributed by atoms with van der Waals surface area (Å²) in [5, 5.41) is 0.589. The zero-order valence-corrected chi connectivity index (χ0v) is 15.8. The maximum atomic E-state index is 12.4. The van der Waals surface area contributed by atoms with Gasteiger partial charge in [-0.2, -0.15) is 0 Å². The molecule has 0 aliphatic heterocycles. The Morgan fingerprint density at radius 3 is 2.36 bits per heavy atom. The number of carbonyl (C=O) groups excluding carboxylic acids is 1. The molecule has 0 aliphatic rings. The second-order valence-electron chi connectivity index (χ2n) is 5.28. The number of anilines is 1. The lowest BCUT2D eigenvalue weighted by Gasteiger charge is -2.12. The molecule has 2 aromatic rings. The van der Waals surface area contributed by atoms with Gasteiger partial charge in [-0.05, 0) is 42.5 Å². The fourth-order valence-electron chi connectivity index (χ4n) is 1.77. The second kappa shape index (κ2) is 7.95. The molecule has 2 rings (SSSR count). The van der Waals surface area contributed by atoms with Crippen molar-refractivity contribution in [2.24, 2.45) is 0 Å². The highest BCUT2D eigenvalue weighted by atomic mass is 35.5. The van der Waals surface area contributed by atoms with Crippen LogP contribution in [-0.4, -0.2) is 39.9 Å². The minimum Gasteiger partial charge on any atom is -0.484 e. The SMILES string of the molecule is CN(C)C(=O)COc1ccc(S(=O)(=O)Nc2cc(Cl)ccc2Cl)cc1. The molecule has 0 saturated heterocycles. The fraction of sp³-hybridized carbons (Fsp3) is 0.188. The molecule has 2 aromatic carbocycles. The third kappa shape index (κ3) is 5.26. The van der Waals surface area contributed by atoms with E-state index >= 15 is 0 Å². The smallest absolute Gasteiger partial charge is 0.261 e. The van der Waals surface area contributed by atoms with Gasteiger partial charge < -0.3 is 9.64 Å². The summed E-state index contributed by atoms with van der Waals surface area (Å²) in [6, 6.07) is 10.2. The average Bonchev–Trinajstić information content (AvgIpc) is 2.56. The summed E-state index contributed by atoms with van der Waals surface area (Å²) in [5.74, 6) is 0.184. The van der Waals surface area contributed by atoms with Crippen LogP contribution >= 0.6 is 23.2 Å². The third-order valence-electron chi connectivity index (χ3n) is 3.17. The van der Waals surface area contributed by atoms with E-state index in [1.807, 2.05) is 0 Å². The van der Waals surface area contributed by atoms with Gasteiger partial charge in [0.15, 0.2) is 6.61 Å². The van der Waals surface area contributed by atoms with E-state index in [4.69, 9.17) is 27.9 Å². The molecule has 0 radical (unpaired) electrons. The van der Waals surface area contributed by atoms with E-state index < -0.39 is 10.0 Å². The second-order valence-corrected chi connectivity index (χ2v) is 7.80. The number of hydrogen-bond acceptors (Lipinski definition) is 4. The molecule has 1 amide bonds. The van der Waals surface area contributed by atoms with Crippen LogP contribution in [-0.2, 0) is 14.8 Å². The summed E-state index contributed by atoms with van der Waals surface area (Å²) >= 11 is 11.8. The number of likely N-dealkylation sites (N-methyl/N-ethyl adjacent to an activating group) is 1. The number of ether oxygens (including phenoxy) is 1. The zero-order valence-electron chi connectivity index (χ0n) is 13.5. The van der Waals surface area contributed by atoms with Crippen LogP contribution in [0.5, 0.6) is 5.75 Å². The van der Waals surface area contributed by atoms with Gasteiger partial charge in [0.1, 0.15) is 5.75 Å². The molecule has 0 bridgehead atoms. The number of amides is 1. The molecule has 0 aliphatic carbocycles. The lowest BCUT2D eigenvalue weighted by Crippen LogP contribution is -2.27. The van der Waals surface area contributed by atoms with Gasteiger partial charge in [-0.3, -0.25) is 9.52 Å².